The van der Waals surface area contributed by atoms with E-state index < -0.39 is 0 Å². The Kier molecular flexibility index (Phi) is 5.80. The molecule has 0 aromatic heterocycles. The van der Waals surface area contributed by atoms with E-state index in [-0.39, 0.29) is 5.54 Å². The van der Waals surface area contributed by atoms with Crippen molar-refractivity contribution in [2.45, 2.75) is 44.8 Å². The van der Waals surface area contributed by atoms with Crippen LogP contribution in [0.15, 0.2) is 30.3 Å². The van der Waals surface area contributed by atoms with Gasteiger partial charge in [0.2, 0.25) is 0 Å². The normalized spacial score (nSPS) is 26.5. The molecule has 0 radical (unpaired) electrons. The van der Waals surface area contributed by atoms with Crippen LogP contribution in [0, 0.1) is 5.92 Å². The van der Waals surface area contributed by atoms with Crippen molar-refractivity contribution in [3.63, 3.8) is 0 Å². The van der Waals surface area contributed by atoms with E-state index in [9.17, 15) is 0 Å². The molecule has 3 atom stereocenters. The number of benzene rings is 1. The second-order valence-corrected chi connectivity index (χ2v) is 6.67. The van der Waals surface area contributed by atoms with Crippen molar-refractivity contribution in [1.82, 2.24) is 4.90 Å². The van der Waals surface area contributed by atoms with Crippen molar-refractivity contribution in [2.24, 2.45) is 11.7 Å². The lowest BCUT2D eigenvalue weighted by atomic mass is 9.86. The van der Waals surface area contributed by atoms with Crippen LogP contribution in [0.25, 0.3) is 0 Å². The van der Waals surface area contributed by atoms with Gasteiger partial charge in [0.25, 0.3) is 0 Å². The van der Waals surface area contributed by atoms with Crippen molar-refractivity contribution < 1.29 is 4.74 Å². The highest BCUT2D eigenvalue weighted by Crippen LogP contribution is 2.28. The summed E-state index contributed by atoms with van der Waals surface area (Å²) in [6.07, 6.45) is 3.71. The van der Waals surface area contributed by atoms with Gasteiger partial charge in [-0.2, -0.15) is 0 Å². The summed E-state index contributed by atoms with van der Waals surface area (Å²) in [5.41, 5.74) is 7.60. The average molecular weight is 290 g/mol. The maximum atomic E-state index is 6.14. The summed E-state index contributed by atoms with van der Waals surface area (Å²) < 4.78 is 5.65. The van der Waals surface area contributed by atoms with Gasteiger partial charge in [-0.05, 0) is 44.2 Å². The largest absolute Gasteiger partial charge is 0.380 e. The minimum atomic E-state index is 0.0623. The SMILES string of the molecule is COC1CN(C(C)(CN)CCc2ccccc2)CCC1C. The summed E-state index contributed by atoms with van der Waals surface area (Å²) in [6.45, 7) is 7.42. The minimum Gasteiger partial charge on any atom is -0.380 e. The number of methoxy groups -OCH3 is 1. The van der Waals surface area contributed by atoms with E-state index in [2.05, 4.69) is 49.1 Å². The number of ether oxygens (including phenoxy) is 1. The van der Waals surface area contributed by atoms with Crippen molar-refractivity contribution in [1.29, 1.82) is 0 Å². The van der Waals surface area contributed by atoms with Crippen LogP contribution in [0.3, 0.4) is 0 Å². The molecule has 0 amide bonds. The second kappa shape index (κ2) is 7.39. The smallest absolute Gasteiger partial charge is 0.0724 e. The molecule has 1 fully saturated rings. The van der Waals surface area contributed by atoms with Crippen molar-refractivity contribution in [3.05, 3.63) is 35.9 Å². The topological polar surface area (TPSA) is 38.5 Å². The third-order valence-electron chi connectivity index (χ3n) is 5.19. The summed E-state index contributed by atoms with van der Waals surface area (Å²) in [7, 11) is 1.83. The molecule has 3 heteroatoms. The van der Waals surface area contributed by atoms with Gasteiger partial charge in [-0.25, -0.2) is 0 Å². The average Bonchev–Trinajstić information content (AvgIpc) is 2.54. The molecule has 0 spiro atoms. The Morgan fingerprint density at radius 3 is 2.67 bits per heavy atom. The zero-order valence-corrected chi connectivity index (χ0v) is 13.7. The van der Waals surface area contributed by atoms with Gasteiger partial charge in [-0.1, -0.05) is 37.3 Å². The fourth-order valence-corrected chi connectivity index (χ4v) is 3.28. The number of hydrogen-bond acceptors (Lipinski definition) is 3. The fraction of sp³-hybridized carbons (Fsp3) is 0.667. The van der Waals surface area contributed by atoms with E-state index in [4.69, 9.17) is 10.5 Å². The third-order valence-corrected chi connectivity index (χ3v) is 5.19. The Bertz CT molecular complexity index is 422. The lowest BCUT2D eigenvalue weighted by Gasteiger charge is -2.46. The lowest BCUT2D eigenvalue weighted by Crippen LogP contribution is -2.58. The summed E-state index contributed by atoms with van der Waals surface area (Å²) in [5, 5.41) is 0. The molecule has 1 aromatic rings. The zero-order chi connectivity index (χ0) is 15.3. The Labute approximate surface area is 129 Å². The molecular formula is C18H30N2O. The molecule has 1 saturated heterocycles. The van der Waals surface area contributed by atoms with Gasteiger partial charge in [-0.3, -0.25) is 4.90 Å². The van der Waals surface area contributed by atoms with Crippen molar-refractivity contribution >= 4 is 0 Å². The highest BCUT2D eigenvalue weighted by atomic mass is 16.5. The zero-order valence-electron chi connectivity index (χ0n) is 13.7. The third kappa shape index (κ3) is 4.06. The van der Waals surface area contributed by atoms with Crippen LogP contribution in [0.1, 0.15) is 32.3 Å². The van der Waals surface area contributed by atoms with Crippen LogP contribution in [0.5, 0.6) is 0 Å². The minimum absolute atomic E-state index is 0.0623. The summed E-state index contributed by atoms with van der Waals surface area (Å²) in [4.78, 5) is 2.55. The van der Waals surface area contributed by atoms with Crippen LogP contribution < -0.4 is 5.73 Å². The van der Waals surface area contributed by atoms with E-state index in [0.29, 0.717) is 18.6 Å². The maximum Gasteiger partial charge on any atom is 0.0724 e. The van der Waals surface area contributed by atoms with Gasteiger partial charge in [-0.15, -0.1) is 0 Å². The second-order valence-electron chi connectivity index (χ2n) is 6.67. The Balaban J connectivity index is 1.99. The first-order valence-corrected chi connectivity index (χ1v) is 8.11. The molecule has 2 rings (SSSR count). The number of nitrogens with zero attached hydrogens (tertiary/aromatic N) is 1. The van der Waals surface area contributed by atoms with Crippen LogP contribution >= 0.6 is 0 Å². The monoisotopic (exact) mass is 290 g/mol. The summed E-state index contributed by atoms with van der Waals surface area (Å²) in [6, 6.07) is 10.7. The van der Waals surface area contributed by atoms with E-state index in [1.165, 1.54) is 12.0 Å². The predicted octanol–water partition coefficient (Wildman–Crippen LogP) is 2.69. The molecule has 3 nitrogen and oxygen atoms in total. The van der Waals surface area contributed by atoms with Gasteiger partial charge < -0.3 is 10.5 Å². The lowest BCUT2D eigenvalue weighted by molar-refractivity contribution is -0.0420. The molecule has 1 aliphatic heterocycles. The molecule has 118 valence electrons. The molecule has 21 heavy (non-hydrogen) atoms. The van der Waals surface area contributed by atoms with Gasteiger partial charge in [0.05, 0.1) is 6.10 Å². The van der Waals surface area contributed by atoms with Gasteiger partial charge in [0, 0.05) is 25.7 Å². The quantitative estimate of drug-likeness (QED) is 0.875. The molecule has 1 aromatic carbocycles. The first-order valence-electron chi connectivity index (χ1n) is 8.11. The van der Waals surface area contributed by atoms with Crippen LogP contribution in [-0.2, 0) is 11.2 Å². The summed E-state index contributed by atoms with van der Waals surface area (Å²) in [5.74, 6) is 0.641. The molecule has 1 aliphatic rings. The van der Waals surface area contributed by atoms with Crippen molar-refractivity contribution in [2.75, 3.05) is 26.7 Å². The van der Waals surface area contributed by atoms with Crippen LogP contribution in [0.4, 0.5) is 0 Å². The molecule has 1 heterocycles. The van der Waals surface area contributed by atoms with E-state index >= 15 is 0 Å². The Morgan fingerprint density at radius 1 is 1.33 bits per heavy atom. The number of piperidine rings is 1. The number of likely N-dealkylation sites (tertiary alicyclic amines) is 1. The molecule has 0 aliphatic carbocycles. The van der Waals surface area contributed by atoms with Gasteiger partial charge >= 0.3 is 0 Å². The molecular weight excluding hydrogens is 260 g/mol. The Hall–Kier alpha value is -0.900. The highest BCUT2D eigenvalue weighted by Gasteiger charge is 2.36. The van der Waals surface area contributed by atoms with E-state index in [1.54, 1.807) is 0 Å². The first-order chi connectivity index (χ1) is 10.1. The first kappa shape index (κ1) is 16.5. The standard InChI is InChI=1S/C18H30N2O/c1-15-10-12-20(13-17(15)21-3)18(2,14-19)11-9-16-7-5-4-6-8-16/h4-8,15,17H,9-14,19H2,1-3H3. The number of aryl methyl sites for hydroxylation is 1. The molecule has 0 bridgehead atoms. The van der Waals surface area contributed by atoms with Crippen molar-refractivity contribution in [3.8, 4) is 0 Å². The molecule has 3 unspecified atom stereocenters. The number of rotatable bonds is 6. The predicted molar refractivity (Wildman–Crippen MR) is 88.4 cm³/mol. The van der Waals surface area contributed by atoms with E-state index in [1.807, 2.05) is 7.11 Å². The fourth-order valence-electron chi connectivity index (χ4n) is 3.28. The van der Waals surface area contributed by atoms with E-state index in [0.717, 1.165) is 25.9 Å². The van der Waals surface area contributed by atoms with Gasteiger partial charge in [0.1, 0.15) is 0 Å². The molecule has 0 saturated carbocycles. The molecule has 2 N–H and O–H groups in total. The van der Waals surface area contributed by atoms with Crippen LogP contribution in [0.2, 0.25) is 0 Å². The van der Waals surface area contributed by atoms with Crippen LogP contribution in [-0.4, -0.2) is 43.3 Å². The summed E-state index contributed by atoms with van der Waals surface area (Å²) >= 11 is 0. The number of hydrogen-bond donors (Lipinski definition) is 1. The van der Waals surface area contributed by atoms with Gasteiger partial charge in [0.15, 0.2) is 0 Å². The maximum absolute atomic E-state index is 6.14. The highest BCUT2D eigenvalue weighted by molar-refractivity contribution is 5.15. The Morgan fingerprint density at radius 2 is 2.05 bits per heavy atom. The number of nitrogens with two attached hydrogens (primary N) is 1.